The predicted molar refractivity (Wildman–Crippen MR) is 117 cm³/mol. The summed E-state index contributed by atoms with van der Waals surface area (Å²) in [7, 11) is 2.07. The number of hydrogen-bond acceptors (Lipinski definition) is 1. The summed E-state index contributed by atoms with van der Waals surface area (Å²) in [4.78, 5) is 3.53. The topological polar surface area (TPSA) is 21.4 Å². The van der Waals surface area contributed by atoms with Gasteiger partial charge in [0.1, 0.15) is 18.2 Å². The van der Waals surface area contributed by atoms with Gasteiger partial charge in [-0.05, 0) is 30.2 Å². The van der Waals surface area contributed by atoms with Gasteiger partial charge < -0.3 is 4.42 Å². The van der Waals surface area contributed by atoms with Gasteiger partial charge in [-0.1, -0.05) is 54.6 Å². The van der Waals surface area contributed by atoms with Crippen LogP contribution in [0.3, 0.4) is 0 Å². The number of benzene rings is 3. The monoisotopic (exact) mass is 375 g/mol. The molecule has 0 bridgehead atoms. The van der Waals surface area contributed by atoms with E-state index in [1.165, 1.54) is 11.1 Å². The summed E-state index contributed by atoms with van der Waals surface area (Å²) in [6, 6.07) is 24.6. The van der Waals surface area contributed by atoms with Gasteiger partial charge in [0.15, 0.2) is 11.9 Å². The van der Waals surface area contributed by atoms with Crippen LogP contribution in [-0.4, -0.2) is 0 Å². The van der Waals surface area contributed by atoms with E-state index in [1.54, 1.807) is 0 Å². The van der Waals surface area contributed by atoms with Crippen LogP contribution in [0.25, 0.3) is 49.2 Å². The van der Waals surface area contributed by atoms with E-state index in [4.69, 9.17) is 11.0 Å². The molecule has 3 aromatic carbocycles. The number of aryl methyl sites for hydroxylation is 2. The van der Waals surface area contributed by atoms with Crippen molar-refractivity contribution in [3.63, 3.8) is 0 Å². The second kappa shape index (κ2) is 6.61. The molecule has 0 fully saturated rings. The van der Waals surface area contributed by atoms with E-state index in [9.17, 15) is 0 Å². The van der Waals surface area contributed by atoms with Crippen LogP contribution in [0.4, 0.5) is 5.69 Å². The molecule has 0 atom stereocenters. The van der Waals surface area contributed by atoms with Crippen molar-refractivity contribution >= 4 is 27.6 Å². The minimum Gasteiger partial charge on any atom is -0.456 e. The molecule has 0 N–H and O–H groups in total. The van der Waals surface area contributed by atoms with Crippen LogP contribution in [0, 0.1) is 13.5 Å². The molecule has 138 valence electrons. The van der Waals surface area contributed by atoms with Crippen LogP contribution in [0.2, 0.25) is 0 Å². The Morgan fingerprint density at radius 3 is 2.41 bits per heavy atom. The molecule has 2 heterocycles. The highest BCUT2D eigenvalue weighted by atomic mass is 16.3. The Labute approximate surface area is 169 Å². The molecule has 0 aliphatic carbocycles. The zero-order chi connectivity index (χ0) is 20.0. The van der Waals surface area contributed by atoms with Crippen molar-refractivity contribution in [2.75, 3.05) is 0 Å². The van der Waals surface area contributed by atoms with E-state index in [0.717, 1.165) is 38.8 Å². The first-order valence-corrected chi connectivity index (χ1v) is 9.54. The van der Waals surface area contributed by atoms with Gasteiger partial charge in [0.25, 0.3) is 0 Å². The molecule has 3 heteroatoms. The summed E-state index contributed by atoms with van der Waals surface area (Å²) in [5.41, 5.74) is 7.92. The Kier molecular flexibility index (Phi) is 3.93. The Bertz CT molecular complexity index is 1420. The van der Waals surface area contributed by atoms with Crippen molar-refractivity contribution in [2.45, 2.75) is 6.92 Å². The summed E-state index contributed by atoms with van der Waals surface area (Å²) in [6.07, 6.45) is 2.16. The third-order valence-electron chi connectivity index (χ3n) is 5.46. The van der Waals surface area contributed by atoms with Crippen molar-refractivity contribution in [3.05, 3.63) is 96.0 Å². The van der Waals surface area contributed by atoms with E-state index >= 15 is 0 Å². The molecule has 0 amide bonds. The largest absolute Gasteiger partial charge is 0.456 e. The molecule has 5 aromatic rings. The summed E-state index contributed by atoms with van der Waals surface area (Å²) in [5.74, 6) is 0. The maximum absolute atomic E-state index is 7.26. The lowest BCUT2D eigenvalue weighted by Crippen LogP contribution is -2.30. The van der Waals surface area contributed by atoms with Gasteiger partial charge in [-0.2, -0.15) is 0 Å². The first-order valence-electron chi connectivity index (χ1n) is 9.54. The van der Waals surface area contributed by atoms with Crippen LogP contribution in [-0.2, 0) is 7.05 Å². The summed E-state index contributed by atoms with van der Waals surface area (Å²) >= 11 is 0. The maximum Gasteiger partial charge on any atom is 0.216 e. The molecule has 5 rings (SSSR count). The van der Waals surface area contributed by atoms with Gasteiger partial charge in [-0.25, -0.2) is 9.41 Å². The number of furan rings is 1. The third-order valence-corrected chi connectivity index (χ3v) is 5.46. The van der Waals surface area contributed by atoms with Gasteiger partial charge >= 0.3 is 0 Å². The smallest absolute Gasteiger partial charge is 0.216 e. The van der Waals surface area contributed by atoms with Crippen LogP contribution in [0.15, 0.2) is 83.4 Å². The Morgan fingerprint density at radius 2 is 1.66 bits per heavy atom. The maximum atomic E-state index is 7.26. The van der Waals surface area contributed by atoms with E-state index in [2.05, 4.69) is 78.1 Å². The van der Waals surface area contributed by atoms with Crippen LogP contribution in [0.5, 0.6) is 0 Å². The summed E-state index contributed by atoms with van der Waals surface area (Å²) in [6.45, 7) is 9.37. The zero-order valence-electron chi connectivity index (χ0n) is 16.3. The van der Waals surface area contributed by atoms with Crippen LogP contribution >= 0.6 is 0 Å². The number of rotatable bonds is 2. The highest BCUT2D eigenvalue weighted by molar-refractivity contribution is 6.10. The highest BCUT2D eigenvalue weighted by Crippen LogP contribution is 2.38. The summed E-state index contributed by atoms with van der Waals surface area (Å²) < 4.78 is 8.43. The van der Waals surface area contributed by atoms with Crippen LogP contribution < -0.4 is 4.57 Å². The van der Waals surface area contributed by atoms with E-state index in [1.807, 2.05) is 24.3 Å². The lowest BCUT2D eigenvalue weighted by molar-refractivity contribution is -0.659. The quantitative estimate of drug-likeness (QED) is 0.251. The first-order chi connectivity index (χ1) is 14.2. The lowest BCUT2D eigenvalue weighted by atomic mass is 9.99. The Hall–Kier alpha value is -3.90. The minimum absolute atomic E-state index is 0.590. The fourth-order valence-corrected chi connectivity index (χ4v) is 3.98. The molecule has 0 aliphatic heterocycles. The van der Waals surface area contributed by atoms with Gasteiger partial charge in [0.05, 0.1) is 12.1 Å². The number of fused-ring (bicyclic) bond motifs is 3. The van der Waals surface area contributed by atoms with Crippen molar-refractivity contribution in [1.29, 1.82) is 0 Å². The third kappa shape index (κ3) is 2.78. The molecule has 0 spiro atoms. The van der Waals surface area contributed by atoms with Gasteiger partial charge in [-0.3, -0.25) is 0 Å². The molecule has 3 nitrogen and oxygen atoms in total. The van der Waals surface area contributed by atoms with Gasteiger partial charge in [0.2, 0.25) is 5.69 Å². The van der Waals surface area contributed by atoms with Crippen molar-refractivity contribution in [3.8, 4) is 22.4 Å². The molecule has 0 saturated carbocycles. The summed E-state index contributed by atoms with van der Waals surface area (Å²) in [5, 5.41) is 2.11. The molecule has 0 radical (unpaired) electrons. The molecule has 2 aromatic heterocycles. The molecule has 0 unspecified atom stereocenters. The van der Waals surface area contributed by atoms with Crippen LogP contribution in [0.1, 0.15) is 5.56 Å². The average Bonchev–Trinajstić information content (AvgIpc) is 3.12. The molecular weight excluding hydrogens is 356 g/mol. The standard InChI is InChI=1S/C26H19N2O/c1-17-9-12-22-21-13-11-20(27-2)15-24(21)29-26(22)25(17)23-14-10-19(16-28(23)3)18-7-5-4-6-8-18/h4-16H,1,3H3/q+1. The second-order valence-electron chi connectivity index (χ2n) is 7.31. The zero-order valence-corrected chi connectivity index (χ0v) is 16.3. The average molecular weight is 375 g/mol. The van der Waals surface area contributed by atoms with E-state index in [0.29, 0.717) is 5.69 Å². The van der Waals surface area contributed by atoms with Crippen molar-refractivity contribution in [2.24, 2.45) is 7.05 Å². The van der Waals surface area contributed by atoms with Gasteiger partial charge in [0, 0.05) is 22.4 Å². The van der Waals surface area contributed by atoms with E-state index < -0.39 is 0 Å². The fraction of sp³-hybridized carbons (Fsp3) is 0.0769. The van der Waals surface area contributed by atoms with E-state index in [-0.39, 0.29) is 0 Å². The van der Waals surface area contributed by atoms with Crippen molar-refractivity contribution < 1.29 is 8.98 Å². The minimum atomic E-state index is 0.590. The SMILES string of the molecule is [C-]#[N+]c1ccc2c(c1)oc1c(-c3ccc(-c4ccccc4)c[n+]3C)c(C)ccc12. The van der Waals surface area contributed by atoms with Gasteiger partial charge in [-0.15, -0.1) is 0 Å². The highest BCUT2D eigenvalue weighted by Gasteiger charge is 2.21. The number of pyridine rings is 1. The van der Waals surface area contributed by atoms with Crippen molar-refractivity contribution in [1.82, 2.24) is 0 Å². The molecule has 29 heavy (non-hydrogen) atoms. The normalized spacial score (nSPS) is 11.1. The molecule has 0 saturated heterocycles. The number of nitrogens with zero attached hydrogens (tertiary/aromatic N) is 2. The predicted octanol–water partition coefficient (Wildman–Crippen LogP) is 6.60. The molecular formula is C26H19N2O+. The Morgan fingerprint density at radius 1 is 0.862 bits per heavy atom. The Balaban J connectivity index is 1.74. The number of hydrogen-bond donors (Lipinski definition) is 0. The fourth-order valence-electron chi connectivity index (χ4n) is 3.98. The lowest BCUT2D eigenvalue weighted by Gasteiger charge is -2.07. The number of aromatic nitrogens is 1. The first kappa shape index (κ1) is 17.2. The molecule has 0 aliphatic rings. The second-order valence-corrected chi connectivity index (χ2v) is 7.31.